The maximum atomic E-state index is 12.9. The smallest absolute Gasteiger partial charge is 0.315 e. The second-order valence-corrected chi connectivity index (χ2v) is 10.8. The molecule has 8 heteroatoms. The third kappa shape index (κ3) is 1.65. The van der Waals surface area contributed by atoms with Gasteiger partial charge in [-0.05, 0) is 43.6 Å². The molecule has 5 aliphatic rings. The van der Waals surface area contributed by atoms with E-state index in [0.717, 1.165) is 0 Å². The molecule has 1 spiro atoms. The number of ether oxygens (including phenoxy) is 1. The maximum Gasteiger partial charge on any atom is 0.315 e. The molecular weight excluding hydrogens is 467 g/mol. The van der Waals surface area contributed by atoms with Gasteiger partial charge < -0.3 is 25.2 Å². The van der Waals surface area contributed by atoms with Crippen LogP contribution in [0.5, 0.6) is 0 Å². The zero-order chi connectivity index (χ0) is 19.7. The van der Waals surface area contributed by atoms with E-state index in [9.17, 15) is 30.0 Å². The first-order chi connectivity index (χ1) is 12.5. The van der Waals surface area contributed by atoms with Gasteiger partial charge in [-0.3, -0.25) is 9.59 Å². The molecule has 7 nitrogen and oxygen atoms in total. The van der Waals surface area contributed by atoms with Crippen LogP contribution in [0, 0.1) is 28.6 Å². The number of carbonyl (C=O) groups is 2. The molecule has 0 aromatic carbocycles. The van der Waals surface area contributed by atoms with Gasteiger partial charge in [0.05, 0.1) is 27.7 Å². The Morgan fingerprint density at radius 2 is 2.04 bits per heavy atom. The van der Waals surface area contributed by atoms with Crippen molar-refractivity contribution in [3.05, 3.63) is 12.2 Å². The Labute approximate surface area is 169 Å². The van der Waals surface area contributed by atoms with Crippen LogP contribution in [0.4, 0.5) is 0 Å². The van der Waals surface area contributed by atoms with Crippen molar-refractivity contribution in [2.24, 2.45) is 28.6 Å². The van der Waals surface area contributed by atoms with Crippen LogP contribution in [-0.2, 0) is 14.3 Å². The van der Waals surface area contributed by atoms with E-state index >= 15 is 0 Å². The molecule has 1 aliphatic heterocycles. The summed E-state index contributed by atoms with van der Waals surface area (Å²) in [7, 11) is 0. The van der Waals surface area contributed by atoms with Gasteiger partial charge in [0.15, 0.2) is 0 Å². The number of carbonyl (C=O) groups excluding carboxylic acids is 1. The zero-order valence-electron chi connectivity index (χ0n) is 14.9. The summed E-state index contributed by atoms with van der Waals surface area (Å²) in [5, 5.41) is 42.8. The highest BCUT2D eigenvalue weighted by Crippen LogP contribution is 2.79. The fourth-order valence-corrected chi connectivity index (χ4v) is 8.98. The second kappa shape index (κ2) is 4.88. The van der Waals surface area contributed by atoms with Crippen LogP contribution in [0.3, 0.4) is 0 Å². The number of aliphatic hydroxyl groups is 3. The van der Waals surface area contributed by atoms with Crippen LogP contribution in [0.15, 0.2) is 12.2 Å². The van der Waals surface area contributed by atoms with Crippen molar-refractivity contribution in [3.8, 4) is 0 Å². The van der Waals surface area contributed by atoms with Crippen LogP contribution < -0.4 is 0 Å². The Morgan fingerprint density at radius 1 is 1.37 bits per heavy atom. The average Bonchev–Trinajstić information content (AvgIpc) is 3.04. The van der Waals surface area contributed by atoms with Crippen molar-refractivity contribution in [2.45, 2.75) is 59.9 Å². The molecule has 0 radical (unpaired) electrons. The van der Waals surface area contributed by atoms with Gasteiger partial charge in [-0.2, -0.15) is 0 Å². The van der Waals surface area contributed by atoms with E-state index < -0.39 is 61.9 Å². The number of aliphatic hydroxyl groups excluding tert-OH is 2. The minimum absolute atomic E-state index is 0.280. The lowest BCUT2D eigenvalue weighted by Crippen LogP contribution is -2.65. The SMILES string of the molecule is C=C1C[C@]23C[C@@]1(O)CC[C@H]2[C@@]12OC(=O)[C@@](C)([C@H]1[C@@H]3C(=O)O)[C@@H](O)[C@@H](O)[C@H]2I. The van der Waals surface area contributed by atoms with Gasteiger partial charge in [0, 0.05) is 11.8 Å². The first kappa shape index (κ1) is 18.3. The summed E-state index contributed by atoms with van der Waals surface area (Å²) < 4.78 is 5.35. The first-order valence-corrected chi connectivity index (χ1v) is 10.6. The average molecular weight is 490 g/mol. The molecule has 0 aromatic rings. The Hall–Kier alpha value is -0.710. The van der Waals surface area contributed by atoms with E-state index in [1.165, 1.54) is 6.92 Å². The van der Waals surface area contributed by atoms with E-state index in [4.69, 9.17) is 4.74 Å². The Morgan fingerprint density at radius 3 is 2.67 bits per heavy atom. The van der Waals surface area contributed by atoms with Gasteiger partial charge >= 0.3 is 11.9 Å². The van der Waals surface area contributed by atoms with E-state index in [0.29, 0.717) is 24.8 Å². The molecule has 10 atom stereocenters. The number of hydrogen-bond acceptors (Lipinski definition) is 6. The molecule has 0 amide bonds. The normalized spacial score (nSPS) is 60.8. The number of carboxylic acid groups (broad SMARTS) is 1. The van der Waals surface area contributed by atoms with Crippen molar-refractivity contribution in [1.82, 2.24) is 0 Å². The molecule has 4 bridgehead atoms. The highest BCUT2D eigenvalue weighted by Gasteiger charge is 2.87. The quantitative estimate of drug-likeness (QED) is 0.184. The summed E-state index contributed by atoms with van der Waals surface area (Å²) in [4.78, 5) is 25.4. The second-order valence-electron chi connectivity index (χ2n) is 9.47. The predicted octanol–water partition coefficient (Wildman–Crippen LogP) is 0.635. The van der Waals surface area contributed by atoms with E-state index in [1.807, 2.05) is 22.6 Å². The van der Waals surface area contributed by atoms with E-state index in [2.05, 4.69) is 6.58 Å². The number of carboxylic acids is 1. The van der Waals surface area contributed by atoms with Crippen molar-refractivity contribution < 1.29 is 34.8 Å². The lowest BCUT2D eigenvalue weighted by atomic mass is 9.58. The molecule has 0 aromatic heterocycles. The summed E-state index contributed by atoms with van der Waals surface area (Å²) in [6, 6.07) is 0. The zero-order valence-corrected chi connectivity index (χ0v) is 17.0. The van der Waals surface area contributed by atoms with Gasteiger partial charge in [-0.1, -0.05) is 29.2 Å². The minimum Gasteiger partial charge on any atom is -0.481 e. The van der Waals surface area contributed by atoms with Gasteiger partial charge in [-0.25, -0.2) is 0 Å². The molecule has 5 rings (SSSR count). The lowest BCUT2D eigenvalue weighted by molar-refractivity contribution is -0.165. The highest BCUT2D eigenvalue weighted by atomic mass is 127. The van der Waals surface area contributed by atoms with Gasteiger partial charge in [0.2, 0.25) is 0 Å². The summed E-state index contributed by atoms with van der Waals surface area (Å²) in [5.41, 5.74) is -3.87. The third-order valence-electron chi connectivity index (χ3n) is 8.64. The number of fused-ring (bicyclic) bond motifs is 1. The third-order valence-corrected chi connectivity index (χ3v) is 10.3. The highest BCUT2D eigenvalue weighted by molar-refractivity contribution is 14.1. The van der Waals surface area contributed by atoms with Gasteiger partial charge in [0.1, 0.15) is 11.0 Å². The number of aliphatic carboxylic acids is 1. The maximum absolute atomic E-state index is 12.9. The molecule has 4 aliphatic carbocycles. The Bertz CT molecular complexity index is 799. The molecule has 4 saturated carbocycles. The number of rotatable bonds is 1. The van der Waals surface area contributed by atoms with Gasteiger partial charge in [0.25, 0.3) is 0 Å². The summed E-state index contributed by atoms with van der Waals surface area (Å²) in [6.07, 6.45) is -0.992. The topological polar surface area (TPSA) is 124 Å². The summed E-state index contributed by atoms with van der Waals surface area (Å²) in [6.45, 7) is 5.55. The van der Waals surface area contributed by atoms with Crippen molar-refractivity contribution in [1.29, 1.82) is 0 Å². The molecule has 27 heavy (non-hydrogen) atoms. The first-order valence-electron chi connectivity index (χ1n) is 9.34. The van der Waals surface area contributed by atoms with Crippen LogP contribution in [0.2, 0.25) is 0 Å². The predicted molar refractivity (Wildman–Crippen MR) is 99.8 cm³/mol. The molecule has 5 fully saturated rings. The van der Waals surface area contributed by atoms with Crippen LogP contribution in [0.1, 0.15) is 32.6 Å². The lowest BCUT2D eigenvalue weighted by Gasteiger charge is -2.50. The molecule has 148 valence electrons. The van der Waals surface area contributed by atoms with E-state index in [1.54, 1.807) is 0 Å². The fourth-order valence-electron chi connectivity index (χ4n) is 7.64. The molecule has 0 unspecified atom stereocenters. The number of esters is 1. The number of halogens is 1. The van der Waals surface area contributed by atoms with Crippen LogP contribution in [0.25, 0.3) is 0 Å². The molecule has 4 N–H and O–H groups in total. The monoisotopic (exact) mass is 490 g/mol. The minimum atomic E-state index is -1.49. The summed E-state index contributed by atoms with van der Waals surface area (Å²) >= 11 is 2.01. The fraction of sp³-hybridized carbons (Fsp3) is 0.789. The van der Waals surface area contributed by atoms with Crippen molar-refractivity contribution in [3.63, 3.8) is 0 Å². The standard InChI is InChI=1S/C19H23IO7/c1-7-5-17-6-18(7,26)4-3-8(17)19-11(9(17)14(23)24)16(2,15(25)27-19)13(22)10(21)12(19)20/h8-13,21-22,26H,1,3-6H2,2H3,(H,23,24)/t8-,9-,10+,11-,12-,13+,16+,17+,18+,19-/m1/s1. The molecule has 1 heterocycles. The largest absolute Gasteiger partial charge is 0.481 e. The molecule has 1 saturated heterocycles. The Balaban J connectivity index is 1.80. The van der Waals surface area contributed by atoms with Crippen molar-refractivity contribution >= 4 is 34.5 Å². The number of hydrogen-bond donors (Lipinski definition) is 4. The van der Waals surface area contributed by atoms with Gasteiger partial charge in [-0.15, -0.1) is 0 Å². The van der Waals surface area contributed by atoms with Crippen LogP contribution >= 0.6 is 22.6 Å². The van der Waals surface area contributed by atoms with Crippen LogP contribution in [-0.4, -0.2) is 59.7 Å². The van der Waals surface area contributed by atoms with E-state index in [-0.39, 0.29) is 12.3 Å². The summed E-state index contributed by atoms with van der Waals surface area (Å²) in [5.74, 6) is -3.68. The number of alkyl halides is 1. The Kier molecular flexibility index (Phi) is 3.31. The van der Waals surface area contributed by atoms with Crippen molar-refractivity contribution in [2.75, 3.05) is 0 Å². The molecular formula is C19H23IO7.